The van der Waals surface area contributed by atoms with Gasteiger partial charge in [0.15, 0.2) is 0 Å². The fraction of sp³-hybridized carbons (Fsp3) is 0.133. The Bertz CT molecular complexity index is 726. The van der Waals surface area contributed by atoms with Crippen LogP contribution < -0.4 is 5.32 Å². The largest absolute Gasteiger partial charge is 0.344 e. The fourth-order valence-electron chi connectivity index (χ4n) is 2.12. The summed E-state index contributed by atoms with van der Waals surface area (Å²) in [4.78, 5) is 12.2. The number of hydrogen-bond acceptors (Lipinski definition) is 4. The highest BCUT2D eigenvalue weighted by molar-refractivity contribution is 7.08. The zero-order chi connectivity index (χ0) is 15.4. The smallest absolute Gasteiger partial charge is 0.242 e. The van der Waals surface area contributed by atoms with Crippen molar-refractivity contribution in [3.8, 4) is 0 Å². The number of halogens is 1. The summed E-state index contributed by atoms with van der Waals surface area (Å²) in [6, 6.07) is 9.26. The fourth-order valence-corrected chi connectivity index (χ4v) is 2.94. The summed E-state index contributed by atoms with van der Waals surface area (Å²) in [7, 11) is 0. The van der Waals surface area contributed by atoms with Crippen LogP contribution in [0.4, 0.5) is 0 Å². The van der Waals surface area contributed by atoms with Crippen LogP contribution in [-0.4, -0.2) is 20.9 Å². The van der Waals surface area contributed by atoms with Crippen LogP contribution in [0.3, 0.4) is 0 Å². The highest BCUT2D eigenvalue weighted by atomic mass is 35.5. The zero-order valence-corrected chi connectivity index (χ0v) is 13.1. The zero-order valence-electron chi connectivity index (χ0n) is 11.5. The number of carbonyl (C=O) groups excluding carboxylic acids is 1. The summed E-state index contributed by atoms with van der Waals surface area (Å²) >= 11 is 7.53. The average molecular weight is 333 g/mol. The SMILES string of the molecule is O=C(Cn1ccnn1)N[C@@H](c1ccc(Cl)cc1)c1ccsc1. The molecule has 1 N–H and O–H groups in total. The Morgan fingerprint density at radius 3 is 2.73 bits per heavy atom. The molecule has 3 rings (SSSR count). The predicted octanol–water partition coefficient (Wildman–Crippen LogP) is 2.90. The third-order valence-electron chi connectivity index (χ3n) is 3.16. The molecule has 0 unspecified atom stereocenters. The summed E-state index contributed by atoms with van der Waals surface area (Å²) in [5.41, 5.74) is 2.02. The first kappa shape index (κ1) is 14.7. The van der Waals surface area contributed by atoms with Gasteiger partial charge in [0.25, 0.3) is 0 Å². The summed E-state index contributed by atoms with van der Waals surface area (Å²) < 4.78 is 1.49. The van der Waals surface area contributed by atoms with Gasteiger partial charge in [-0.2, -0.15) is 11.3 Å². The maximum absolute atomic E-state index is 12.2. The van der Waals surface area contributed by atoms with Crippen LogP contribution in [0.15, 0.2) is 53.5 Å². The Morgan fingerprint density at radius 2 is 2.09 bits per heavy atom. The number of hydrogen-bond donors (Lipinski definition) is 1. The first-order valence-corrected chi connectivity index (χ1v) is 7.95. The Kier molecular flexibility index (Phi) is 4.50. The van der Waals surface area contributed by atoms with Crippen LogP contribution in [0, 0.1) is 0 Å². The van der Waals surface area contributed by atoms with Crippen molar-refractivity contribution < 1.29 is 4.79 Å². The third-order valence-corrected chi connectivity index (χ3v) is 4.12. The van der Waals surface area contributed by atoms with Crippen molar-refractivity contribution in [2.45, 2.75) is 12.6 Å². The standard InChI is InChI=1S/C15H13ClN4OS/c16-13-3-1-11(2-4-13)15(12-5-8-22-10-12)18-14(21)9-20-7-6-17-19-20/h1-8,10,15H,9H2,(H,18,21)/t15-/m0/s1. The Balaban J connectivity index is 1.80. The molecule has 1 aromatic carbocycles. The van der Waals surface area contributed by atoms with Crippen molar-refractivity contribution in [1.29, 1.82) is 0 Å². The van der Waals surface area contributed by atoms with E-state index >= 15 is 0 Å². The number of nitrogens with one attached hydrogen (secondary N) is 1. The monoisotopic (exact) mass is 332 g/mol. The van der Waals surface area contributed by atoms with Crippen LogP contribution in [0.5, 0.6) is 0 Å². The first-order valence-electron chi connectivity index (χ1n) is 6.63. The van der Waals surface area contributed by atoms with Crippen LogP contribution in [0.25, 0.3) is 0 Å². The second-order valence-electron chi connectivity index (χ2n) is 4.71. The molecule has 112 valence electrons. The van der Waals surface area contributed by atoms with E-state index in [4.69, 9.17) is 11.6 Å². The van der Waals surface area contributed by atoms with Gasteiger partial charge in [0.1, 0.15) is 6.54 Å². The summed E-state index contributed by atoms with van der Waals surface area (Å²) in [5.74, 6) is -0.128. The number of carbonyl (C=O) groups is 1. The minimum atomic E-state index is -0.209. The summed E-state index contributed by atoms with van der Waals surface area (Å²) in [6.07, 6.45) is 3.20. The molecule has 2 heterocycles. The van der Waals surface area contributed by atoms with Gasteiger partial charge in [-0.05, 0) is 40.1 Å². The molecule has 5 nitrogen and oxygen atoms in total. The van der Waals surface area contributed by atoms with Crippen molar-refractivity contribution in [3.63, 3.8) is 0 Å². The normalized spacial score (nSPS) is 12.0. The van der Waals surface area contributed by atoms with Crippen LogP contribution in [0.1, 0.15) is 17.2 Å². The van der Waals surface area contributed by atoms with Gasteiger partial charge < -0.3 is 5.32 Å². The topological polar surface area (TPSA) is 59.8 Å². The number of nitrogens with zero attached hydrogens (tertiary/aromatic N) is 3. The van der Waals surface area contributed by atoms with Crippen LogP contribution >= 0.6 is 22.9 Å². The molecule has 22 heavy (non-hydrogen) atoms. The lowest BCUT2D eigenvalue weighted by Gasteiger charge is -2.18. The number of rotatable bonds is 5. The highest BCUT2D eigenvalue weighted by Gasteiger charge is 2.17. The van der Waals surface area contributed by atoms with E-state index < -0.39 is 0 Å². The molecular weight excluding hydrogens is 320 g/mol. The Morgan fingerprint density at radius 1 is 1.27 bits per heavy atom. The molecule has 0 fully saturated rings. The van der Waals surface area contributed by atoms with Gasteiger partial charge in [-0.15, -0.1) is 5.10 Å². The van der Waals surface area contributed by atoms with E-state index in [0.717, 1.165) is 11.1 Å². The van der Waals surface area contributed by atoms with E-state index in [1.165, 1.54) is 4.68 Å². The lowest BCUT2D eigenvalue weighted by atomic mass is 10.0. The number of thiophene rings is 1. The van der Waals surface area contributed by atoms with E-state index in [1.54, 1.807) is 23.7 Å². The average Bonchev–Trinajstić information content (AvgIpc) is 3.19. The molecule has 0 bridgehead atoms. The van der Waals surface area contributed by atoms with Crippen molar-refractivity contribution in [2.24, 2.45) is 0 Å². The number of benzene rings is 1. The highest BCUT2D eigenvalue weighted by Crippen LogP contribution is 2.25. The molecule has 0 saturated carbocycles. The molecule has 0 aliphatic heterocycles. The maximum atomic E-state index is 12.2. The second-order valence-corrected chi connectivity index (χ2v) is 5.93. The molecule has 0 saturated heterocycles. The second kappa shape index (κ2) is 6.72. The molecule has 0 spiro atoms. The van der Waals surface area contributed by atoms with Crippen LogP contribution in [-0.2, 0) is 11.3 Å². The van der Waals surface area contributed by atoms with Crippen molar-refractivity contribution in [2.75, 3.05) is 0 Å². The molecule has 0 aliphatic rings. The van der Waals surface area contributed by atoms with Gasteiger partial charge in [0, 0.05) is 11.2 Å². The minimum absolute atomic E-state index is 0.128. The molecule has 7 heteroatoms. The van der Waals surface area contributed by atoms with E-state index in [9.17, 15) is 4.79 Å². The lowest BCUT2D eigenvalue weighted by Crippen LogP contribution is -2.32. The lowest BCUT2D eigenvalue weighted by molar-refractivity contribution is -0.122. The van der Waals surface area contributed by atoms with Gasteiger partial charge in [0.05, 0.1) is 12.2 Å². The van der Waals surface area contributed by atoms with Gasteiger partial charge in [-0.25, -0.2) is 4.68 Å². The van der Waals surface area contributed by atoms with Crippen molar-refractivity contribution in [3.05, 3.63) is 69.6 Å². The van der Waals surface area contributed by atoms with Gasteiger partial charge in [-0.3, -0.25) is 4.79 Å². The summed E-state index contributed by atoms with van der Waals surface area (Å²) in [5, 5.41) is 15.2. The van der Waals surface area contributed by atoms with Gasteiger partial charge in [-0.1, -0.05) is 28.9 Å². The third kappa shape index (κ3) is 3.52. The van der Waals surface area contributed by atoms with Gasteiger partial charge in [0.2, 0.25) is 5.91 Å². The summed E-state index contributed by atoms with van der Waals surface area (Å²) in [6.45, 7) is 0.133. The van der Waals surface area contributed by atoms with Crippen molar-refractivity contribution >= 4 is 28.8 Å². The van der Waals surface area contributed by atoms with Crippen molar-refractivity contribution in [1.82, 2.24) is 20.3 Å². The Labute approximate surface area is 136 Å². The Hall–Kier alpha value is -2.18. The molecule has 0 radical (unpaired) electrons. The molecular formula is C15H13ClN4OS. The number of aromatic nitrogens is 3. The van der Waals surface area contributed by atoms with Crippen LogP contribution in [0.2, 0.25) is 5.02 Å². The predicted molar refractivity (Wildman–Crippen MR) is 85.8 cm³/mol. The van der Waals surface area contributed by atoms with E-state index in [1.807, 2.05) is 41.1 Å². The van der Waals surface area contributed by atoms with E-state index in [0.29, 0.717) is 5.02 Å². The minimum Gasteiger partial charge on any atom is -0.344 e. The first-order chi connectivity index (χ1) is 10.7. The molecule has 0 aliphatic carbocycles. The molecule has 3 aromatic rings. The van der Waals surface area contributed by atoms with E-state index in [-0.39, 0.29) is 18.5 Å². The molecule has 1 amide bonds. The maximum Gasteiger partial charge on any atom is 0.242 e. The molecule has 2 aromatic heterocycles. The number of amides is 1. The molecule has 1 atom stereocenters. The van der Waals surface area contributed by atoms with Gasteiger partial charge >= 0.3 is 0 Å². The van der Waals surface area contributed by atoms with E-state index in [2.05, 4.69) is 15.6 Å². The quantitative estimate of drug-likeness (QED) is 0.781.